The molecule has 0 bridgehead atoms. The van der Waals surface area contributed by atoms with E-state index < -0.39 is 4.92 Å². The van der Waals surface area contributed by atoms with Gasteiger partial charge in [0.05, 0.1) is 9.40 Å². The lowest BCUT2D eigenvalue weighted by atomic mass is 9.87. The van der Waals surface area contributed by atoms with Gasteiger partial charge in [-0.05, 0) is 39.0 Å². The first kappa shape index (κ1) is 17.9. The fraction of sp³-hybridized carbons (Fsp3) is 0.235. The van der Waals surface area contributed by atoms with Gasteiger partial charge < -0.3 is 10.2 Å². The molecule has 2 N–H and O–H groups in total. The lowest BCUT2D eigenvalue weighted by Gasteiger charge is -2.19. The van der Waals surface area contributed by atoms with Crippen LogP contribution in [0.25, 0.3) is 0 Å². The molecule has 2 aromatic carbocycles. The fourth-order valence-electron chi connectivity index (χ4n) is 2.04. The third-order valence-electron chi connectivity index (χ3n) is 3.47. The molecular formula is C17H17BrN2O4. The number of nitro benzene ring substituents is 1. The maximum Gasteiger partial charge on any atom is 0.271 e. The van der Waals surface area contributed by atoms with Crippen LogP contribution in [0.4, 0.5) is 11.4 Å². The highest BCUT2D eigenvalue weighted by molar-refractivity contribution is 9.10. The molecule has 2 aromatic rings. The number of hydrogen-bond acceptors (Lipinski definition) is 5. The minimum absolute atomic E-state index is 0.0109. The van der Waals surface area contributed by atoms with Gasteiger partial charge in [0.1, 0.15) is 17.2 Å². The number of aromatic hydroxyl groups is 2. The molecule has 0 radical (unpaired) electrons. The van der Waals surface area contributed by atoms with Crippen molar-refractivity contribution in [2.45, 2.75) is 26.2 Å². The van der Waals surface area contributed by atoms with Crippen molar-refractivity contribution < 1.29 is 15.1 Å². The van der Waals surface area contributed by atoms with Gasteiger partial charge in [0.25, 0.3) is 5.69 Å². The Bertz CT molecular complexity index is 826. The monoisotopic (exact) mass is 392 g/mol. The lowest BCUT2D eigenvalue weighted by molar-refractivity contribution is -0.385. The van der Waals surface area contributed by atoms with Crippen molar-refractivity contribution in [2.24, 2.45) is 4.99 Å². The number of phenols is 2. The third kappa shape index (κ3) is 3.91. The second-order valence-electron chi connectivity index (χ2n) is 6.33. The van der Waals surface area contributed by atoms with Crippen molar-refractivity contribution in [3.8, 4) is 11.5 Å². The summed E-state index contributed by atoms with van der Waals surface area (Å²) in [7, 11) is 0. The van der Waals surface area contributed by atoms with Gasteiger partial charge in [-0.3, -0.25) is 15.1 Å². The maximum absolute atomic E-state index is 10.9. The first-order valence-electron chi connectivity index (χ1n) is 7.14. The van der Waals surface area contributed by atoms with E-state index in [1.165, 1.54) is 18.3 Å². The van der Waals surface area contributed by atoms with Gasteiger partial charge in [-0.15, -0.1) is 0 Å². The number of rotatable bonds is 3. The van der Waals surface area contributed by atoms with Gasteiger partial charge >= 0.3 is 0 Å². The highest BCUT2D eigenvalue weighted by Gasteiger charge is 2.16. The van der Waals surface area contributed by atoms with E-state index in [9.17, 15) is 20.3 Å². The summed E-state index contributed by atoms with van der Waals surface area (Å²) in [6.07, 6.45) is 1.29. The number of phenolic OH excluding ortho intramolecular Hbond substituents is 2. The van der Waals surface area contributed by atoms with Crippen molar-refractivity contribution >= 4 is 33.5 Å². The second-order valence-corrected chi connectivity index (χ2v) is 7.19. The quantitative estimate of drug-likeness (QED) is 0.444. The van der Waals surface area contributed by atoms with Crippen LogP contribution in [0.2, 0.25) is 0 Å². The van der Waals surface area contributed by atoms with Gasteiger partial charge in [-0.1, -0.05) is 26.8 Å². The van der Waals surface area contributed by atoms with Crippen LogP contribution in [0.3, 0.4) is 0 Å². The van der Waals surface area contributed by atoms with Gasteiger partial charge in [0.2, 0.25) is 0 Å². The molecule has 7 heteroatoms. The molecule has 0 aliphatic heterocycles. The number of non-ortho nitro benzene ring substituents is 1. The number of benzene rings is 2. The molecule has 0 atom stereocenters. The van der Waals surface area contributed by atoms with E-state index in [0.29, 0.717) is 5.69 Å². The summed E-state index contributed by atoms with van der Waals surface area (Å²) in [5.41, 5.74) is 1.20. The summed E-state index contributed by atoms with van der Waals surface area (Å²) in [5, 5.41) is 30.9. The predicted molar refractivity (Wildman–Crippen MR) is 96.5 cm³/mol. The first-order chi connectivity index (χ1) is 11.1. The van der Waals surface area contributed by atoms with E-state index in [-0.39, 0.29) is 32.6 Å². The molecular weight excluding hydrogens is 376 g/mol. The van der Waals surface area contributed by atoms with Gasteiger partial charge in [0, 0.05) is 23.9 Å². The third-order valence-corrected chi connectivity index (χ3v) is 4.08. The normalized spacial score (nSPS) is 11.8. The van der Waals surface area contributed by atoms with E-state index in [1.54, 1.807) is 12.1 Å². The smallest absolute Gasteiger partial charge is 0.271 e. The van der Waals surface area contributed by atoms with Crippen LogP contribution >= 0.6 is 15.9 Å². The molecule has 0 fully saturated rings. The van der Waals surface area contributed by atoms with Crippen LogP contribution in [-0.4, -0.2) is 21.4 Å². The van der Waals surface area contributed by atoms with Crippen LogP contribution < -0.4 is 0 Å². The molecule has 0 amide bonds. The Morgan fingerprint density at radius 2 is 1.88 bits per heavy atom. The Labute approximate surface area is 147 Å². The summed E-state index contributed by atoms with van der Waals surface area (Å²) >= 11 is 3.08. The lowest BCUT2D eigenvalue weighted by Crippen LogP contribution is -2.10. The summed E-state index contributed by atoms with van der Waals surface area (Å²) in [6.45, 7) is 6.11. The van der Waals surface area contributed by atoms with Crippen molar-refractivity contribution in [1.29, 1.82) is 0 Å². The van der Waals surface area contributed by atoms with Crippen LogP contribution in [0, 0.1) is 10.1 Å². The maximum atomic E-state index is 10.9. The fourth-order valence-corrected chi connectivity index (χ4v) is 2.51. The van der Waals surface area contributed by atoms with Gasteiger partial charge in [-0.25, -0.2) is 0 Å². The molecule has 0 heterocycles. The van der Waals surface area contributed by atoms with Crippen molar-refractivity contribution in [3.63, 3.8) is 0 Å². The van der Waals surface area contributed by atoms with Crippen LogP contribution in [0.1, 0.15) is 31.9 Å². The van der Waals surface area contributed by atoms with Gasteiger partial charge in [0.15, 0.2) is 0 Å². The molecule has 24 heavy (non-hydrogen) atoms. The van der Waals surface area contributed by atoms with Crippen LogP contribution in [0.5, 0.6) is 11.5 Å². The molecule has 0 aliphatic rings. The minimum Gasteiger partial charge on any atom is -0.506 e. The van der Waals surface area contributed by atoms with E-state index in [4.69, 9.17) is 0 Å². The SMILES string of the molecule is CC(C)(C)c1ccc(O)c(N=Cc2cc([N+](=O)[O-])cc(Br)c2O)c1. The molecule has 0 spiro atoms. The molecule has 0 aliphatic carbocycles. The van der Waals surface area contributed by atoms with Gasteiger partial charge in [-0.2, -0.15) is 0 Å². The van der Waals surface area contributed by atoms with Crippen LogP contribution in [0.15, 0.2) is 39.8 Å². The summed E-state index contributed by atoms with van der Waals surface area (Å²) in [5.74, 6) is -0.168. The average Bonchev–Trinajstić information content (AvgIpc) is 2.48. The van der Waals surface area contributed by atoms with E-state index >= 15 is 0 Å². The largest absolute Gasteiger partial charge is 0.506 e. The molecule has 6 nitrogen and oxygen atoms in total. The zero-order chi connectivity index (χ0) is 18.1. The summed E-state index contributed by atoms with van der Waals surface area (Å²) in [6, 6.07) is 7.54. The number of nitro groups is 1. The highest BCUT2D eigenvalue weighted by Crippen LogP contribution is 2.34. The van der Waals surface area contributed by atoms with Crippen molar-refractivity contribution in [1.82, 2.24) is 0 Å². The standard InChI is InChI=1S/C17H17BrN2O4/c1-17(2,3)11-4-5-15(21)14(7-11)19-9-10-6-12(20(23)24)8-13(18)16(10)22/h4-9,21-22H,1-3H3. The number of hydrogen-bond donors (Lipinski definition) is 2. The number of halogens is 1. The highest BCUT2D eigenvalue weighted by atomic mass is 79.9. The first-order valence-corrected chi connectivity index (χ1v) is 7.93. The summed E-state index contributed by atoms with van der Waals surface area (Å²) in [4.78, 5) is 14.5. The number of aliphatic imine (C=N–C) groups is 1. The molecule has 0 unspecified atom stereocenters. The average molecular weight is 393 g/mol. The van der Waals surface area contributed by atoms with Crippen molar-refractivity contribution in [3.05, 3.63) is 56.0 Å². The van der Waals surface area contributed by atoms with E-state index in [1.807, 2.05) is 26.8 Å². The van der Waals surface area contributed by atoms with Crippen LogP contribution in [-0.2, 0) is 5.41 Å². The number of nitrogens with zero attached hydrogens (tertiary/aromatic N) is 2. The topological polar surface area (TPSA) is 96.0 Å². The Hall–Kier alpha value is -2.41. The molecule has 0 aromatic heterocycles. The molecule has 0 saturated carbocycles. The predicted octanol–water partition coefficient (Wildman–Crippen LogP) is 4.82. The van der Waals surface area contributed by atoms with E-state index in [0.717, 1.165) is 5.56 Å². The Morgan fingerprint density at radius 1 is 1.21 bits per heavy atom. The zero-order valence-electron chi connectivity index (χ0n) is 13.4. The van der Waals surface area contributed by atoms with Crippen molar-refractivity contribution in [2.75, 3.05) is 0 Å². The summed E-state index contributed by atoms with van der Waals surface area (Å²) < 4.78 is 0.200. The molecule has 2 rings (SSSR count). The molecule has 0 saturated heterocycles. The Kier molecular flexibility index (Phi) is 4.94. The Morgan fingerprint density at radius 3 is 2.46 bits per heavy atom. The zero-order valence-corrected chi connectivity index (χ0v) is 15.0. The van der Waals surface area contributed by atoms with E-state index in [2.05, 4.69) is 20.9 Å². The molecule has 126 valence electrons. The Balaban J connectivity index is 2.47. The second kappa shape index (κ2) is 6.60. The minimum atomic E-state index is -0.556.